The first kappa shape index (κ1) is 11.8. The molecule has 0 amide bonds. The molecule has 0 radical (unpaired) electrons. The Kier molecular flexibility index (Phi) is 8.68. The summed E-state index contributed by atoms with van der Waals surface area (Å²) in [6.45, 7) is 2.20. The van der Waals surface area contributed by atoms with E-state index in [1.807, 2.05) is 6.08 Å². The van der Waals surface area contributed by atoms with Gasteiger partial charge in [-0.1, -0.05) is 38.3 Å². The lowest BCUT2D eigenvalue weighted by Gasteiger charge is -1.93. The van der Waals surface area contributed by atoms with Crippen LogP contribution in [-0.2, 0) is 4.79 Å². The van der Waals surface area contributed by atoms with Crippen LogP contribution in [0.25, 0.3) is 0 Å². The van der Waals surface area contributed by atoms with Crippen LogP contribution < -0.4 is 0 Å². The van der Waals surface area contributed by atoms with Crippen molar-refractivity contribution >= 4 is 17.7 Å². The van der Waals surface area contributed by atoms with E-state index >= 15 is 0 Å². The second-order valence-electron chi connectivity index (χ2n) is 2.92. The first-order valence-corrected chi connectivity index (χ1v) is 5.09. The molecule has 0 unspecified atom stereocenters. The summed E-state index contributed by atoms with van der Waals surface area (Å²) in [7, 11) is 0. The highest BCUT2D eigenvalue weighted by atomic mass is 32.1. The van der Waals surface area contributed by atoms with Crippen molar-refractivity contribution in [2.75, 3.05) is 0 Å². The highest BCUT2D eigenvalue weighted by Crippen LogP contribution is 2.03. The summed E-state index contributed by atoms with van der Waals surface area (Å²) in [5.41, 5.74) is 0. The molecule has 0 saturated heterocycles. The van der Waals surface area contributed by atoms with Crippen molar-refractivity contribution in [1.82, 2.24) is 0 Å². The molecule has 0 N–H and O–H groups in total. The van der Waals surface area contributed by atoms with Gasteiger partial charge in [0.25, 0.3) is 0 Å². The molecule has 2 heteroatoms. The Balaban J connectivity index is 3.08. The van der Waals surface area contributed by atoms with Crippen molar-refractivity contribution in [1.29, 1.82) is 0 Å². The van der Waals surface area contributed by atoms with Crippen LogP contribution in [-0.4, -0.2) is 5.12 Å². The van der Waals surface area contributed by atoms with Crippen molar-refractivity contribution in [3.8, 4) is 0 Å². The number of carbonyl (C=O) groups is 1. The molecule has 0 bridgehead atoms. The molecule has 0 heterocycles. The Morgan fingerprint density at radius 3 is 2.58 bits per heavy atom. The molecular weight excluding hydrogens is 168 g/mol. The number of unbranched alkanes of at least 4 members (excludes halogenated alkanes) is 4. The monoisotopic (exact) mass is 186 g/mol. The molecule has 0 aromatic heterocycles. The van der Waals surface area contributed by atoms with Crippen molar-refractivity contribution in [3.05, 3.63) is 12.2 Å². The molecule has 0 aromatic carbocycles. The van der Waals surface area contributed by atoms with Gasteiger partial charge in [0.2, 0.25) is 0 Å². The average molecular weight is 186 g/mol. The SMILES string of the molecule is CCCCCC/C=C\CC(=O)S. The third-order valence-corrected chi connectivity index (χ3v) is 1.87. The zero-order valence-electron chi connectivity index (χ0n) is 7.75. The fourth-order valence-electron chi connectivity index (χ4n) is 0.991. The fourth-order valence-corrected chi connectivity index (χ4v) is 1.10. The third-order valence-electron chi connectivity index (χ3n) is 1.68. The van der Waals surface area contributed by atoms with Crippen molar-refractivity contribution in [2.24, 2.45) is 0 Å². The molecule has 0 aliphatic carbocycles. The number of carbonyl (C=O) groups excluding carboxylic acids is 1. The van der Waals surface area contributed by atoms with Crippen LogP contribution in [0.15, 0.2) is 12.2 Å². The quantitative estimate of drug-likeness (QED) is 0.366. The smallest absolute Gasteiger partial charge is 0.189 e. The molecule has 12 heavy (non-hydrogen) atoms. The predicted molar refractivity (Wildman–Crippen MR) is 56.5 cm³/mol. The first-order chi connectivity index (χ1) is 5.77. The summed E-state index contributed by atoms with van der Waals surface area (Å²) in [6, 6.07) is 0. The Hall–Kier alpha value is -0.240. The Morgan fingerprint density at radius 1 is 1.25 bits per heavy atom. The lowest BCUT2D eigenvalue weighted by molar-refractivity contribution is -0.110. The fraction of sp³-hybridized carbons (Fsp3) is 0.700. The minimum Gasteiger partial charge on any atom is -0.287 e. The first-order valence-electron chi connectivity index (χ1n) is 4.64. The standard InChI is InChI=1S/C10H18OS/c1-2-3-4-5-6-7-8-9-10(11)12/h7-8H,2-6,9H2,1H3,(H,11,12)/b8-7-. The minimum atomic E-state index is -0.0557. The van der Waals surface area contributed by atoms with Crippen LogP contribution in [0.5, 0.6) is 0 Å². The third kappa shape index (κ3) is 9.76. The maximum absolute atomic E-state index is 10.4. The topological polar surface area (TPSA) is 17.1 Å². The molecule has 0 aliphatic heterocycles. The summed E-state index contributed by atoms with van der Waals surface area (Å²) in [6.07, 6.45) is 10.7. The van der Waals surface area contributed by atoms with Crippen LogP contribution in [0.1, 0.15) is 45.4 Å². The Labute approximate surface area is 80.7 Å². The second-order valence-corrected chi connectivity index (χ2v) is 3.42. The molecule has 1 nitrogen and oxygen atoms in total. The second kappa shape index (κ2) is 8.85. The average Bonchev–Trinajstić information content (AvgIpc) is 2.02. The molecule has 0 aliphatic rings. The van der Waals surface area contributed by atoms with E-state index in [4.69, 9.17) is 0 Å². The minimum absolute atomic E-state index is 0.0557. The van der Waals surface area contributed by atoms with E-state index in [-0.39, 0.29) is 5.12 Å². The van der Waals surface area contributed by atoms with Crippen LogP contribution >= 0.6 is 12.6 Å². The number of hydrogen-bond acceptors (Lipinski definition) is 1. The molecule has 0 aromatic rings. The summed E-state index contributed by atoms with van der Waals surface area (Å²) < 4.78 is 0. The lowest BCUT2D eigenvalue weighted by atomic mass is 10.1. The molecule has 0 fully saturated rings. The van der Waals surface area contributed by atoms with Crippen LogP contribution in [0, 0.1) is 0 Å². The summed E-state index contributed by atoms with van der Waals surface area (Å²) in [5, 5.41) is -0.0557. The molecule has 0 spiro atoms. The van der Waals surface area contributed by atoms with E-state index < -0.39 is 0 Å². The van der Waals surface area contributed by atoms with Gasteiger partial charge in [-0.3, -0.25) is 4.79 Å². The number of thiol groups is 1. The van der Waals surface area contributed by atoms with Crippen LogP contribution in [0.4, 0.5) is 0 Å². The van der Waals surface area contributed by atoms with E-state index in [1.165, 1.54) is 25.7 Å². The number of rotatable bonds is 7. The highest BCUT2D eigenvalue weighted by molar-refractivity contribution is 7.96. The van der Waals surface area contributed by atoms with Gasteiger partial charge in [-0.2, -0.15) is 0 Å². The zero-order chi connectivity index (χ0) is 9.23. The van der Waals surface area contributed by atoms with Gasteiger partial charge < -0.3 is 0 Å². The molecular formula is C10H18OS. The van der Waals surface area contributed by atoms with Crippen molar-refractivity contribution in [2.45, 2.75) is 45.4 Å². The van der Waals surface area contributed by atoms with Gasteiger partial charge in [-0.25, -0.2) is 0 Å². The highest BCUT2D eigenvalue weighted by Gasteiger charge is 1.87. The van der Waals surface area contributed by atoms with Gasteiger partial charge >= 0.3 is 0 Å². The largest absolute Gasteiger partial charge is 0.287 e. The van der Waals surface area contributed by atoms with Gasteiger partial charge in [0.05, 0.1) is 0 Å². The molecule has 0 saturated carbocycles. The van der Waals surface area contributed by atoms with Crippen molar-refractivity contribution in [3.63, 3.8) is 0 Å². The van der Waals surface area contributed by atoms with E-state index in [2.05, 4.69) is 25.6 Å². The van der Waals surface area contributed by atoms with E-state index in [9.17, 15) is 4.79 Å². The molecule has 0 rings (SSSR count). The van der Waals surface area contributed by atoms with E-state index in [1.54, 1.807) is 0 Å². The lowest BCUT2D eigenvalue weighted by Crippen LogP contribution is -1.80. The van der Waals surface area contributed by atoms with Gasteiger partial charge in [0, 0.05) is 6.42 Å². The van der Waals surface area contributed by atoms with Gasteiger partial charge in [0.1, 0.15) is 0 Å². The van der Waals surface area contributed by atoms with Gasteiger partial charge in [-0.05, 0) is 12.8 Å². The van der Waals surface area contributed by atoms with Crippen molar-refractivity contribution < 1.29 is 4.79 Å². The summed E-state index contributed by atoms with van der Waals surface area (Å²) in [5.74, 6) is 0. The Bertz CT molecular complexity index is 141. The maximum atomic E-state index is 10.4. The summed E-state index contributed by atoms with van der Waals surface area (Å²) >= 11 is 3.67. The molecule has 0 atom stereocenters. The van der Waals surface area contributed by atoms with Gasteiger partial charge in [0.15, 0.2) is 5.12 Å². The van der Waals surface area contributed by atoms with E-state index in [0.29, 0.717) is 6.42 Å². The predicted octanol–water partition coefficient (Wildman–Crippen LogP) is 3.36. The summed E-state index contributed by atoms with van der Waals surface area (Å²) in [4.78, 5) is 10.4. The zero-order valence-corrected chi connectivity index (χ0v) is 8.65. The molecule has 70 valence electrons. The van der Waals surface area contributed by atoms with Crippen LogP contribution in [0.3, 0.4) is 0 Å². The Morgan fingerprint density at radius 2 is 2.00 bits per heavy atom. The number of hydrogen-bond donors (Lipinski definition) is 1. The van der Waals surface area contributed by atoms with E-state index in [0.717, 1.165) is 6.42 Å². The normalized spacial score (nSPS) is 10.8. The maximum Gasteiger partial charge on any atom is 0.189 e. The number of allylic oxidation sites excluding steroid dienone is 2. The van der Waals surface area contributed by atoms with Crippen LogP contribution in [0.2, 0.25) is 0 Å². The van der Waals surface area contributed by atoms with Gasteiger partial charge in [-0.15, -0.1) is 12.6 Å².